The summed E-state index contributed by atoms with van der Waals surface area (Å²) in [6, 6.07) is 5.81. The number of likely N-dealkylation sites (N-methyl/N-ethyl adjacent to an activating group) is 1. The van der Waals surface area contributed by atoms with E-state index < -0.39 is 0 Å². The number of piperazine rings is 1. The maximum Gasteiger partial charge on any atom is 0.0741 e. The molecular formula is C11H16ClN3. The molecule has 0 aromatic heterocycles. The molecule has 15 heavy (non-hydrogen) atoms. The minimum atomic E-state index is 0.645. The second-order valence-electron chi connectivity index (χ2n) is 3.96. The molecule has 3 nitrogen and oxygen atoms in total. The fraction of sp³-hybridized carbons (Fsp3) is 0.455. The Hall–Kier alpha value is -0.930. The minimum Gasteiger partial charge on any atom is -0.396 e. The molecule has 1 saturated heterocycles. The zero-order chi connectivity index (χ0) is 10.8. The van der Waals surface area contributed by atoms with Gasteiger partial charge in [-0.15, -0.1) is 0 Å². The van der Waals surface area contributed by atoms with Gasteiger partial charge in [-0.25, -0.2) is 0 Å². The van der Waals surface area contributed by atoms with Crippen molar-refractivity contribution in [1.82, 2.24) is 4.90 Å². The molecule has 2 rings (SSSR count). The third-order valence-electron chi connectivity index (χ3n) is 2.87. The molecule has 1 aromatic rings. The van der Waals surface area contributed by atoms with Gasteiger partial charge in [0, 0.05) is 26.2 Å². The number of rotatable bonds is 1. The van der Waals surface area contributed by atoms with Crippen molar-refractivity contribution in [2.24, 2.45) is 0 Å². The van der Waals surface area contributed by atoms with Crippen molar-refractivity contribution in [3.05, 3.63) is 23.2 Å². The van der Waals surface area contributed by atoms with Crippen LogP contribution in [0.3, 0.4) is 0 Å². The van der Waals surface area contributed by atoms with E-state index in [1.54, 1.807) is 0 Å². The lowest BCUT2D eigenvalue weighted by Crippen LogP contribution is -2.44. The second kappa shape index (κ2) is 4.29. The number of para-hydroxylation sites is 1. The monoisotopic (exact) mass is 225 g/mol. The van der Waals surface area contributed by atoms with Crippen molar-refractivity contribution in [2.45, 2.75) is 0 Å². The largest absolute Gasteiger partial charge is 0.396 e. The Morgan fingerprint density at radius 1 is 1.20 bits per heavy atom. The van der Waals surface area contributed by atoms with Crippen LogP contribution >= 0.6 is 11.6 Å². The van der Waals surface area contributed by atoms with Gasteiger partial charge in [-0.05, 0) is 19.2 Å². The molecule has 1 aliphatic rings. The Balaban J connectivity index is 2.19. The van der Waals surface area contributed by atoms with Crippen LogP contribution in [-0.2, 0) is 0 Å². The first-order valence-corrected chi connectivity index (χ1v) is 5.54. The SMILES string of the molecule is CN1CCN(c2cccc(Cl)c2N)CC1. The molecule has 0 unspecified atom stereocenters. The van der Waals surface area contributed by atoms with E-state index in [0.29, 0.717) is 10.7 Å². The highest BCUT2D eigenvalue weighted by Crippen LogP contribution is 2.30. The molecule has 82 valence electrons. The van der Waals surface area contributed by atoms with Gasteiger partial charge in [-0.2, -0.15) is 0 Å². The van der Waals surface area contributed by atoms with E-state index in [1.807, 2.05) is 18.2 Å². The number of benzene rings is 1. The molecule has 0 spiro atoms. The Kier molecular flexibility index (Phi) is 3.03. The van der Waals surface area contributed by atoms with Crippen LogP contribution in [0.25, 0.3) is 0 Å². The van der Waals surface area contributed by atoms with Crippen LogP contribution in [0.5, 0.6) is 0 Å². The summed E-state index contributed by atoms with van der Waals surface area (Å²) in [5.74, 6) is 0. The van der Waals surface area contributed by atoms with Gasteiger partial charge in [0.25, 0.3) is 0 Å². The van der Waals surface area contributed by atoms with Gasteiger partial charge >= 0.3 is 0 Å². The Morgan fingerprint density at radius 2 is 1.87 bits per heavy atom. The van der Waals surface area contributed by atoms with E-state index in [1.165, 1.54) is 0 Å². The summed E-state index contributed by atoms with van der Waals surface area (Å²) in [5, 5.41) is 0.645. The van der Waals surface area contributed by atoms with Gasteiger partial charge in [0.05, 0.1) is 16.4 Å². The topological polar surface area (TPSA) is 32.5 Å². The third-order valence-corrected chi connectivity index (χ3v) is 3.20. The van der Waals surface area contributed by atoms with Gasteiger partial charge in [0.15, 0.2) is 0 Å². The number of anilines is 2. The first kappa shape index (κ1) is 10.6. The van der Waals surface area contributed by atoms with E-state index >= 15 is 0 Å². The van der Waals surface area contributed by atoms with Crippen LogP contribution in [0.2, 0.25) is 5.02 Å². The fourth-order valence-electron chi connectivity index (χ4n) is 1.85. The lowest BCUT2D eigenvalue weighted by molar-refractivity contribution is 0.313. The van der Waals surface area contributed by atoms with Gasteiger partial charge < -0.3 is 15.5 Å². The summed E-state index contributed by atoms with van der Waals surface area (Å²) in [7, 11) is 2.14. The zero-order valence-electron chi connectivity index (χ0n) is 8.91. The predicted molar refractivity (Wildman–Crippen MR) is 65.6 cm³/mol. The first-order valence-electron chi connectivity index (χ1n) is 5.16. The molecule has 0 radical (unpaired) electrons. The summed E-state index contributed by atoms with van der Waals surface area (Å²) >= 11 is 6.00. The summed E-state index contributed by atoms with van der Waals surface area (Å²) in [5.41, 5.74) is 7.72. The fourth-order valence-corrected chi connectivity index (χ4v) is 2.02. The van der Waals surface area contributed by atoms with Crippen LogP contribution in [0, 0.1) is 0 Å². The van der Waals surface area contributed by atoms with E-state index in [4.69, 9.17) is 17.3 Å². The highest BCUT2D eigenvalue weighted by atomic mass is 35.5. The number of hydrogen-bond acceptors (Lipinski definition) is 3. The molecule has 4 heteroatoms. The Labute approximate surface area is 95.4 Å². The Bertz CT molecular complexity index is 346. The lowest BCUT2D eigenvalue weighted by atomic mass is 10.2. The van der Waals surface area contributed by atoms with Gasteiger partial charge in [0.2, 0.25) is 0 Å². The van der Waals surface area contributed by atoms with Crippen molar-refractivity contribution < 1.29 is 0 Å². The molecule has 1 heterocycles. The Morgan fingerprint density at radius 3 is 2.53 bits per heavy atom. The highest BCUT2D eigenvalue weighted by molar-refractivity contribution is 6.33. The molecule has 1 aliphatic heterocycles. The molecule has 1 aromatic carbocycles. The normalized spacial score (nSPS) is 18.1. The summed E-state index contributed by atoms with van der Waals surface area (Å²) in [6.45, 7) is 4.18. The predicted octanol–water partition coefficient (Wildman–Crippen LogP) is 1.67. The number of hydrogen-bond donors (Lipinski definition) is 1. The van der Waals surface area contributed by atoms with Crippen molar-refractivity contribution in [2.75, 3.05) is 43.9 Å². The number of halogens is 1. The van der Waals surface area contributed by atoms with Crippen molar-refractivity contribution in [3.8, 4) is 0 Å². The van der Waals surface area contributed by atoms with Crippen molar-refractivity contribution in [1.29, 1.82) is 0 Å². The van der Waals surface area contributed by atoms with Crippen LogP contribution in [0.4, 0.5) is 11.4 Å². The quantitative estimate of drug-likeness (QED) is 0.739. The zero-order valence-corrected chi connectivity index (χ0v) is 9.67. The molecule has 0 amide bonds. The van der Waals surface area contributed by atoms with Crippen LogP contribution in [0.15, 0.2) is 18.2 Å². The molecule has 0 atom stereocenters. The second-order valence-corrected chi connectivity index (χ2v) is 4.37. The summed E-state index contributed by atoms with van der Waals surface area (Å²) < 4.78 is 0. The van der Waals surface area contributed by atoms with Gasteiger partial charge in [0.1, 0.15) is 0 Å². The standard InChI is InChI=1S/C11H16ClN3/c1-14-5-7-15(8-6-14)10-4-2-3-9(12)11(10)13/h2-4H,5-8,13H2,1H3. The molecule has 1 fully saturated rings. The number of nitrogens with zero attached hydrogens (tertiary/aromatic N) is 2. The average molecular weight is 226 g/mol. The maximum absolute atomic E-state index is 6.00. The maximum atomic E-state index is 6.00. The highest BCUT2D eigenvalue weighted by Gasteiger charge is 2.16. The number of nitrogens with two attached hydrogens (primary N) is 1. The first-order chi connectivity index (χ1) is 7.18. The summed E-state index contributed by atoms with van der Waals surface area (Å²) in [4.78, 5) is 4.61. The van der Waals surface area contributed by atoms with Crippen molar-refractivity contribution >= 4 is 23.0 Å². The average Bonchev–Trinajstić information content (AvgIpc) is 2.24. The van der Waals surface area contributed by atoms with Gasteiger partial charge in [-0.1, -0.05) is 17.7 Å². The van der Waals surface area contributed by atoms with Crippen LogP contribution < -0.4 is 10.6 Å². The van der Waals surface area contributed by atoms with E-state index in [-0.39, 0.29) is 0 Å². The third kappa shape index (κ3) is 2.19. The molecule has 2 N–H and O–H groups in total. The molecule has 0 saturated carbocycles. The smallest absolute Gasteiger partial charge is 0.0741 e. The molecule has 0 aliphatic carbocycles. The van der Waals surface area contributed by atoms with E-state index in [9.17, 15) is 0 Å². The van der Waals surface area contributed by atoms with Crippen LogP contribution in [-0.4, -0.2) is 38.1 Å². The summed E-state index contributed by atoms with van der Waals surface area (Å²) in [6.07, 6.45) is 0. The number of nitrogen functional groups attached to an aromatic ring is 1. The van der Waals surface area contributed by atoms with E-state index in [2.05, 4.69) is 16.8 Å². The van der Waals surface area contributed by atoms with Crippen LogP contribution in [0.1, 0.15) is 0 Å². The van der Waals surface area contributed by atoms with Crippen molar-refractivity contribution in [3.63, 3.8) is 0 Å². The molecule has 0 bridgehead atoms. The van der Waals surface area contributed by atoms with Gasteiger partial charge in [-0.3, -0.25) is 0 Å². The lowest BCUT2D eigenvalue weighted by Gasteiger charge is -2.34. The minimum absolute atomic E-state index is 0.645. The molecular weight excluding hydrogens is 210 g/mol. The van der Waals surface area contributed by atoms with E-state index in [0.717, 1.165) is 31.9 Å².